The Labute approximate surface area is 86.3 Å². The number of alkyl halides is 3. The van der Waals surface area contributed by atoms with E-state index in [-0.39, 0.29) is 6.04 Å². The van der Waals surface area contributed by atoms with Crippen LogP contribution >= 0.6 is 0 Å². The van der Waals surface area contributed by atoms with Gasteiger partial charge in [0, 0.05) is 6.04 Å². The zero-order valence-electron chi connectivity index (χ0n) is 8.14. The maximum Gasteiger partial charge on any atom is 0.416 e. The fourth-order valence-corrected chi connectivity index (χ4v) is 2.01. The number of nitrogens with one attached hydrogen (secondary N) is 1. The smallest absolute Gasteiger partial charge is 0.310 e. The fraction of sp³-hybridized carbons (Fsp3) is 0.455. The zero-order chi connectivity index (χ0) is 10.9. The van der Waals surface area contributed by atoms with Crippen LogP contribution < -0.4 is 5.32 Å². The molecule has 1 aliphatic rings. The SMILES string of the molecule is FC(F)(F)c1ccccc1C1CCCN1. The van der Waals surface area contributed by atoms with Crippen LogP contribution in [0, 0.1) is 0 Å². The monoisotopic (exact) mass is 215 g/mol. The summed E-state index contributed by atoms with van der Waals surface area (Å²) in [5.41, 5.74) is -0.132. The molecular formula is C11H12F3N. The van der Waals surface area contributed by atoms with Crippen LogP contribution in [0.25, 0.3) is 0 Å². The summed E-state index contributed by atoms with van der Waals surface area (Å²) in [6.07, 6.45) is -2.52. The van der Waals surface area contributed by atoms with Gasteiger partial charge in [0.05, 0.1) is 5.56 Å². The van der Waals surface area contributed by atoms with Gasteiger partial charge < -0.3 is 5.32 Å². The molecule has 0 radical (unpaired) electrons. The second-order valence-corrected chi connectivity index (χ2v) is 3.73. The summed E-state index contributed by atoms with van der Waals surface area (Å²) >= 11 is 0. The van der Waals surface area contributed by atoms with Crippen molar-refractivity contribution in [3.05, 3.63) is 35.4 Å². The van der Waals surface area contributed by atoms with Crippen molar-refractivity contribution in [3.8, 4) is 0 Å². The van der Waals surface area contributed by atoms with E-state index < -0.39 is 11.7 Å². The van der Waals surface area contributed by atoms with Gasteiger partial charge >= 0.3 is 6.18 Å². The summed E-state index contributed by atoms with van der Waals surface area (Å²) in [5, 5.41) is 3.09. The quantitative estimate of drug-likeness (QED) is 0.758. The number of rotatable bonds is 1. The minimum Gasteiger partial charge on any atom is -0.310 e. The molecule has 0 aliphatic carbocycles. The Morgan fingerprint density at radius 1 is 1.20 bits per heavy atom. The number of hydrogen-bond donors (Lipinski definition) is 1. The molecule has 82 valence electrons. The lowest BCUT2D eigenvalue weighted by Crippen LogP contribution is -2.18. The van der Waals surface area contributed by atoms with E-state index >= 15 is 0 Å². The lowest BCUT2D eigenvalue weighted by Gasteiger charge is -2.17. The van der Waals surface area contributed by atoms with Crippen LogP contribution in [0.5, 0.6) is 0 Å². The standard InChI is InChI=1S/C11H12F3N/c12-11(13,14)9-5-2-1-4-8(9)10-6-3-7-15-10/h1-2,4-5,10,15H,3,6-7H2. The van der Waals surface area contributed by atoms with Crippen LogP contribution in [0.1, 0.15) is 30.0 Å². The highest BCUT2D eigenvalue weighted by molar-refractivity contribution is 5.32. The first-order valence-corrected chi connectivity index (χ1v) is 4.98. The van der Waals surface area contributed by atoms with Gasteiger partial charge in [0.1, 0.15) is 0 Å². The van der Waals surface area contributed by atoms with Gasteiger partial charge in [-0.2, -0.15) is 13.2 Å². The van der Waals surface area contributed by atoms with E-state index in [1.54, 1.807) is 12.1 Å². The Morgan fingerprint density at radius 3 is 2.53 bits per heavy atom. The molecule has 1 aromatic carbocycles. The fourth-order valence-electron chi connectivity index (χ4n) is 2.01. The largest absolute Gasteiger partial charge is 0.416 e. The van der Waals surface area contributed by atoms with Crippen LogP contribution in [-0.4, -0.2) is 6.54 Å². The van der Waals surface area contributed by atoms with Gasteiger partial charge in [0.15, 0.2) is 0 Å². The second kappa shape index (κ2) is 3.85. The van der Waals surface area contributed by atoms with Gasteiger partial charge in [-0.3, -0.25) is 0 Å². The third-order valence-electron chi connectivity index (χ3n) is 2.70. The molecule has 4 heteroatoms. The van der Waals surface area contributed by atoms with Gasteiger partial charge in [-0.1, -0.05) is 18.2 Å². The van der Waals surface area contributed by atoms with Crippen molar-refractivity contribution in [2.45, 2.75) is 25.1 Å². The Morgan fingerprint density at radius 2 is 1.93 bits per heavy atom. The van der Waals surface area contributed by atoms with E-state index in [0.29, 0.717) is 5.56 Å². The van der Waals surface area contributed by atoms with E-state index in [4.69, 9.17) is 0 Å². The van der Waals surface area contributed by atoms with Crippen molar-refractivity contribution >= 4 is 0 Å². The van der Waals surface area contributed by atoms with Crippen molar-refractivity contribution < 1.29 is 13.2 Å². The van der Waals surface area contributed by atoms with Crippen molar-refractivity contribution in [3.63, 3.8) is 0 Å². The highest BCUT2D eigenvalue weighted by atomic mass is 19.4. The van der Waals surface area contributed by atoms with Crippen molar-refractivity contribution in [2.75, 3.05) is 6.54 Å². The molecule has 1 saturated heterocycles. The van der Waals surface area contributed by atoms with E-state index in [9.17, 15) is 13.2 Å². The van der Waals surface area contributed by atoms with Crippen LogP contribution in [0.2, 0.25) is 0 Å². The first-order chi connectivity index (χ1) is 7.09. The summed E-state index contributed by atoms with van der Waals surface area (Å²) < 4.78 is 38.0. The molecule has 15 heavy (non-hydrogen) atoms. The lowest BCUT2D eigenvalue weighted by molar-refractivity contribution is -0.138. The number of benzene rings is 1. The predicted molar refractivity (Wildman–Crippen MR) is 51.4 cm³/mol. The van der Waals surface area contributed by atoms with E-state index in [1.165, 1.54) is 6.07 Å². The van der Waals surface area contributed by atoms with Gasteiger partial charge in [-0.15, -0.1) is 0 Å². The third kappa shape index (κ3) is 2.15. The summed E-state index contributed by atoms with van der Waals surface area (Å²) in [6.45, 7) is 0.802. The highest BCUT2D eigenvalue weighted by Gasteiger charge is 2.35. The van der Waals surface area contributed by atoms with E-state index in [0.717, 1.165) is 25.5 Å². The third-order valence-corrected chi connectivity index (χ3v) is 2.70. The van der Waals surface area contributed by atoms with Gasteiger partial charge in [-0.05, 0) is 31.0 Å². The minimum absolute atomic E-state index is 0.136. The molecule has 1 aliphatic heterocycles. The summed E-state index contributed by atoms with van der Waals surface area (Å²) in [6, 6.07) is 5.66. The maximum absolute atomic E-state index is 12.7. The molecule has 2 rings (SSSR count). The summed E-state index contributed by atoms with van der Waals surface area (Å²) in [5.74, 6) is 0. The molecule has 1 unspecified atom stereocenters. The Balaban J connectivity index is 2.37. The molecule has 1 fully saturated rings. The van der Waals surface area contributed by atoms with Gasteiger partial charge in [0.2, 0.25) is 0 Å². The molecule has 1 atom stereocenters. The summed E-state index contributed by atoms with van der Waals surface area (Å²) in [4.78, 5) is 0. The van der Waals surface area contributed by atoms with E-state index in [2.05, 4.69) is 5.32 Å². The number of halogens is 3. The lowest BCUT2D eigenvalue weighted by atomic mass is 9.99. The molecule has 0 amide bonds. The molecular weight excluding hydrogens is 203 g/mol. The Hall–Kier alpha value is -1.03. The molecule has 0 aromatic heterocycles. The maximum atomic E-state index is 12.7. The normalized spacial score (nSPS) is 21.9. The molecule has 0 saturated carbocycles. The predicted octanol–water partition coefficient (Wildman–Crippen LogP) is 3.13. The first-order valence-electron chi connectivity index (χ1n) is 4.98. The van der Waals surface area contributed by atoms with Crippen LogP contribution in [0.15, 0.2) is 24.3 Å². The second-order valence-electron chi connectivity index (χ2n) is 3.73. The van der Waals surface area contributed by atoms with Crippen molar-refractivity contribution in [2.24, 2.45) is 0 Å². The molecule has 0 bridgehead atoms. The summed E-state index contributed by atoms with van der Waals surface area (Å²) in [7, 11) is 0. The molecule has 1 heterocycles. The van der Waals surface area contributed by atoms with Gasteiger partial charge in [0.25, 0.3) is 0 Å². The average Bonchev–Trinajstić information content (AvgIpc) is 2.69. The Kier molecular flexibility index (Phi) is 2.69. The molecule has 1 aromatic rings. The van der Waals surface area contributed by atoms with Crippen molar-refractivity contribution in [1.29, 1.82) is 0 Å². The van der Waals surface area contributed by atoms with E-state index in [1.807, 2.05) is 0 Å². The first kappa shape index (κ1) is 10.5. The van der Waals surface area contributed by atoms with Gasteiger partial charge in [-0.25, -0.2) is 0 Å². The zero-order valence-corrected chi connectivity index (χ0v) is 8.14. The number of hydrogen-bond acceptors (Lipinski definition) is 1. The molecule has 1 N–H and O–H groups in total. The van der Waals surface area contributed by atoms with Crippen LogP contribution in [0.4, 0.5) is 13.2 Å². The average molecular weight is 215 g/mol. The van der Waals surface area contributed by atoms with Crippen LogP contribution in [-0.2, 0) is 6.18 Å². The molecule has 0 spiro atoms. The van der Waals surface area contributed by atoms with Crippen LogP contribution in [0.3, 0.4) is 0 Å². The topological polar surface area (TPSA) is 12.0 Å². The molecule has 1 nitrogen and oxygen atoms in total. The van der Waals surface area contributed by atoms with Crippen molar-refractivity contribution in [1.82, 2.24) is 5.32 Å². The highest BCUT2D eigenvalue weighted by Crippen LogP contribution is 2.36. The Bertz CT molecular complexity index is 340. The minimum atomic E-state index is -4.25.